The van der Waals surface area contributed by atoms with Crippen molar-refractivity contribution < 1.29 is 18.8 Å². The number of imide groups is 1. The van der Waals surface area contributed by atoms with Crippen LogP contribution < -0.4 is 10.7 Å². The third-order valence-electron chi connectivity index (χ3n) is 4.97. The van der Waals surface area contributed by atoms with Gasteiger partial charge in [-0.1, -0.05) is 6.07 Å². The standard InChI is InChI=1S/C18H16N2O5/c1-10-2-3-11-12(21)7-14(25-13(11)6-10)16(23)20-5-4-18(9-20)8-15(22)19-17(18)24/h2-3,6-7H,4-5,8-9H2,1H3,(H,19,22,24)/t18-/m0/s1. The molecule has 2 aliphatic heterocycles. The second-order valence-electron chi connectivity index (χ2n) is 6.79. The fourth-order valence-electron chi connectivity index (χ4n) is 3.59. The Bertz CT molecular complexity index is 993. The zero-order valence-corrected chi connectivity index (χ0v) is 13.6. The highest BCUT2D eigenvalue weighted by Gasteiger charge is 2.52. The Balaban J connectivity index is 1.66. The van der Waals surface area contributed by atoms with E-state index >= 15 is 0 Å². The number of amides is 3. The molecule has 1 spiro atoms. The normalized spacial score (nSPS) is 22.8. The summed E-state index contributed by atoms with van der Waals surface area (Å²) in [5, 5.41) is 2.72. The van der Waals surface area contributed by atoms with E-state index in [-0.39, 0.29) is 36.0 Å². The Labute approximate surface area is 142 Å². The number of hydrogen-bond acceptors (Lipinski definition) is 5. The lowest BCUT2D eigenvalue weighted by Gasteiger charge is -2.20. The molecule has 25 heavy (non-hydrogen) atoms. The summed E-state index contributed by atoms with van der Waals surface area (Å²) in [6, 6.07) is 6.37. The highest BCUT2D eigenvalue weighted by Crippen LogP contribution is 2.38. The van der Waals surface area contributed by atoms with Gasteiger partial charge >= 0.3 is 0 Å². The summed E-state index contributed by atoms with van der Waals surface area (Å²) < 4.78 is 5.64. The Morgan fingerprint density at radius 1 is 1.24 bits per heavy atom. The van der Waals surface area contributed by atoms with E-state index in [9.17, 15) is 19.2 Å². The number of hydrogen-bond donors (Lipinski definition) is 1. The largest absolute Gasteiger partial charge is 0.451 e. The van der Waals surface area contributed by atoms with Crippen molar-refractivity contribution >= 4 is 28.7 Å². The first-order valence-corrected chi connectivity index (χ1v) is 8.06. The van der Waals surface area contributed by atoms with Crippen molar-refractivity contribution in [1.82, 2.24) is 10.2 Å². The smallest absolute Gasteiger partial charge is 0.289 e. The van der Waals surface area contributed by atoms with Crippen LogP contribution in [0.5, 0.6) is 0 Å². The Kier molecular flexibility index (Phi) is 3.28. The number of rotatable bonds is 1. The highest BCUT2D eigenvalue weighted by molar-refractivity contribution is 6.06. The first-order chi connectivity index (χ1) is 11.9. The van der Waals surface area contributed by atoms with Gasteiger partial charge < -0.3 is 9.32 Å². The summed E-state index contributed by atoms with van der Waals surface area (Å²) in [6.45, 7) is 2.36. The molecule has 0 aliphatic carbocycles. The summed E-state index contributed by atoms with van der Waals surface area (Å²) in [5.41, 5.74) is 0.146. The minimum atomic E-state index is -0.847. The Morgan fingerprint density at radius 3 is 2.76 bits per heavy atom. The van der Waals surface area contributed by atoms with Crippen LogP contribution in [0.1, 0.15) is 29.0 Å². The number of carbonyl (C=O) groups excluding carboxylic acids is 3. The van der Waals surface area contributed by atoms with Crippen LogP contribution in [0.15, 0.2) is 33.5 Å². The number of aryl methyl sites for hydroxylation is 1. The number of nitrogens with zero attached hydrogens (tertiary/aromatic N) is 1. The van der Waals surface area contributed by atoms with Crippen LogP contribution in [0, 0.1) is 12.3 Å². The van der Waals surface area contributed by atoms with Crippen molar-refractivity contribution in [2.45, 2.75) is 19.8 Å². The van der Waals surface area contributed by atoms with Crippen LogP contribution in [0.4, 0.5) is 0 Å². The van der Waals surface area contributed by atoms with E-state index in [1.54, 1.807) is 18.2 Å². The first kappa shape index (κ1) is 15.6. The highest BCUT2D eigenvalue weighted by atomic mass is 16.3. The minimum Gasteiger partial charge on any atom is -0.451 e. The third-order valence-corrected chi connectivity index (χ3v) is 4.97. The molecular formula is C18H16N2O5. The van der Waals surface area contributed by atoms with Gasteiger partial charge in [0, 0.05) is 25.6 Å². The molecule has 0 bridgehead atoms. The predicted octanol–water partition coefficient (Wildman–Crippen LogP) is 0.980. The van der Waals surface area contributed by atoms with Crippen molar-refractivity contribution in [3.05, 3.63) is 45.8 Å². The van der Waals surface area contributed by atoms with Crippen LogP contribution in [0.3, 0.4) is 0 Å². The van der Waals surface area contributed by atoms with Gasteiger partial charge in [0.1, 0.15) is 5.58 Å². The molecule has 1 aromatic carbocycles. The number of fused-ring (bicyclic) bond motifs is 1. The van der Waals surface area contributed by atoms with E-state index in [4.69, 9.17) is 4.42 Å². The summed E-state index contributed by atoms with van der Waals surface area (Å²) >= 11 is 0. The molecule has 3 heterocycles. The summed E-state index contributed by atoms with van der Waals surface area (Å²) in [5.74, 6) is -1.13. The minimum absolute atomic E-state index is 0.0510. The second kappa shape index (κ2) is 5.27. The van der Waals surface area contributed by atoms with Crippen LogP contribution in [-0.2, 0) is 9.59 Å². The molecule has 2 aromatic rings. The molecule has 7 nitrogen and oxygen atoms in total. The molecule has 2 saturated heterocycles. The zero-order valence-electron chi connectivity index (χ0n) is 13.6. The Hall–Kier alpha value is -2.96. The van der Waals surface area contributed by atoms with Crippen molar-refractivity contribution in [3.8, 4) is 0 Å². The van der Waals surface area contributed by atoms with Gasteiger partial charge in [-0.15, -0.1) is 0 Å². The van der Waals surface area contributed by atoms with Gasteiger partial charge in [-0.05, 0) is 31.0 Å². The molecule has 0 unspecified atom stereocenters. The molecule has 0 radical (unpaired) electrons. The van der Waals surface area contributed by atoms with Gasteiger partial charge in [0.05, 0.1) is 10.8 Å². The molecule has 2 aliphatic rings. The van der Waals surface area contributed by atoms with Crippen LogP contribution >= 0.6 is 0 Å². The maximum Gasteiger partial charge on any atom is 0.289 e. The SMILES string of the molecule is Cc1ccc2c(=O)cc(C(=O)N3CC[C@]4(CC(=O)NC4=O)C3)oc2c1. The van der Waals surface area contributed by atoms with E-state index in [0.29, 0.717) is 23.9 Å². The number of likely N-dealkylation sites (tertiary alicyclic amines) is 1. The average Bonchev–Trinajstić information content (AvgIpc) is 3.10. The zero-order chi connectivity index (χ0) is 17.8. The fraction of sp³-hybridized carbons (Fsp3) is 0.333. The van der Waals surface area contributed by atoms with Crippen molar-refractivity contribution in [1.29, 1.82) is 0 Å². The van der Waals surface area contributed by atoms with Crippen LogP contribution in [-0.4, -0.2) is 35.7 Å². The second-order valence-corrected chi connectivity index (χ2v) is 6.79. The molecular weight excluding hydrogens is 324 g/mol. The first-order valence-electron chi connectivity index (χ1n) is 8.06. The van der Waals surface area contributed by atoms with Gasteiger partial charge in [0.25, 0.3) is 5.91 Å². The van der Waals surface area contributed by atoms with Gasteiger partial charge in [-0.3, -0.25) is 24.5 Å². The molecule has 128 valence electrons. The van der Waals surface area contributed by atoms with Crippen LogP contribution in [0.2, 0.25) is 0 Å². The lowest BCUT2D eigenvalue weighted by Crippen LogP contribution is -2.36. The van der Waals surface area contributed by atoms with Gasteiger partial charge in [0.15, 0.2) is 11.2 Å². The molecule has 4 rings (SSSR count). The van der Waals surface area contributed by atoms with E-state index in [0.717, 1.165) is 5.56 Å². The lowest BCUT2D eigenvalue weighted by atomic mass is 9.85. The third kappa shape index (κ3) is 2.43. The van der Waals surface area contributed by atoms with Gasteiger partial charge in [-0.25, -0.2) is 0 Å². The van der Waals surface area contributed by atoms with E-state index in [1.807, 2.05) is 6.92 Å². The monoisotopic (exact) mass is 340 g/mol. The maximum absolute atomic E-state index is 12.7. The predicted molar refractivity (Wildman–Crippen MR) is 87.9 cm³/mol. The molecule has 2 fully saturated rings. The molecule has 1 aromatic heterocycles. The molecule has 3 amide bonds. The number of benzene rings is 1. The molecule has 1 atom stereocenters. The molecule has 0 saturated carbocycles. The topological polar surface area (TPSA) is 96.7 Å². The van der Waals surface area contributed by atoms with Crippen molar-refractivity contribution in [2.75, 3.05) is 13.1 Å². The quantitative estimate of drug-likeness (QED) is 0.781. The Morgan fingerprint density at radius 2 is 2.04 bits per heavy atom. The molecule has 1 N–H and O–H groups in total. The fourth-order valence-corrected chi connectivity index (χ4v) is 3.59. The average molecular weight is 340 g/mol. The number of carbonyl (C=O) groups is 3. The summed E-state index contributed by atoms with van der Waals surface area (Å²) in [6.07, 6.45) is 0.518. The van der Waals surface area contributed by atoms with E-state index in [1.165, 1.54) is 11.0 Å². The molecule has 7 heteroatoms. The maximum atomic E-state index is 12.7. The van der Waals surface area contributed by atoms with Crippen molar-refractivity contribution in [3.63, 3.8) is 0 Å². The van der Waals surface area contributed by atoms with Gasteiger partial charge in [-0.2, -0.15) is 0 Å². The number of nitrogens with one attached hydrogen (secondary N) is 1. The summed E-state index contributed by atoms with van der Waals surface area (Å²) in [4.78, 5) is 50.0. The van der Waals surface area contributed by atoms with Crippen molar-refractivity contribution in [2.24, 2.45) is 5.41 Å². The van der Waals surface area contributed by atoms with Gasteiger partial charge in [0.2, 0.25) is 11.8 Å². The van der Waals surface area contributed by atoms with Crippen LogP contribution in [0.25, 0.3) is 11.0 Å². The van der Waals surface area contributed by atoms with E-state index in [2.05, 4.69) is 5.32 Å². The van der Waals surface area contributed by atoms with E-state index < -0.39 is 11.3 Å². The summed E-state index contributed by atoms with van der Waals surface area (Å²) in [7, 11) is 0. The lowest BCUT2D eigenvalue weighted by molar-refractivity contribution is -0.128.